The lowest BCUT2D eigenvalue weighted by Crippen LogP contribution is -2.38. The molecule has 3 aromatic rings. The maximum absolute atomic E-state index is 12.2. The lowest BCUT2D eigenvalue weighted by atomic mass is 10.3. The van der Waals surface area contributed by atoms with Gasteiger partial charge in [-0.3, -0.25) is 14.2 Å². The molecule has 9 nitrogen and oxygen atoms in total. The van der Waals surface area contributed by atoms with Gasteiger partial charge in [-0.1, -0.05) is 12.1 Å². The lowest BCUT2D eigenvalue weighted by Gasteiger charge is -2.14. The molecule has 2 N–H and O–H groups in total. The first-order valence-corrected chi connectivity index (χ1v) is 9.02. The average molecular weight is 397 g/mol. The van der Waals surface area contributed by atoms with Gasteiger partial charge in [-0.05, 0) is 24.3 Å². The normalized spacial score (nSPS) is 13.3. The van der Waals surface area contributed by atoms with Crippen molar-refractivity contribution in [2.45, 2.75) is 12.6 Å². The summed E-state index contributed by atoms with van der Waals surface area (Å²) < 4.78 is 17.4. The first kappa shape index (κ1) is 18.8. The van der Waals surface area contributed by atoms with E-state index in [1.807, 2.05) is 0 Å². The number of para-hydroxylation sites is 2. The maximum atomic E-state index is 12.2. The summed E-state index contributed by atoms with van der Waals surface area (Å²) in [5.74, 6) is 1.35. The minimum absolute atomic E-state index is 0.0127. The highest BCUT2D eigenvalue weighted by Gasteiger charge is 2.15. The number of aliphatic hydroxyl groups excluding tert-OH is 1. The van der Waals surface area contributed by atoms with Crippen molar-refractivity contribution in [2.75, 3.05) is 19.9 Å². The van der Waals surface area contributed by atoms with Crippen LogP contribution in [0.4, 0.5) is 0 Å². The van der Waals surface area contributed by atoms with E-state index in [-0.39, 0.29) is 32.0 Å². The molecule has 0 fully saturated rings. The van der Waals surface area contributed by atoms with Crippen molar-refractivity contribution in [1.29, 1.82) is 0 Å². The van der Waals surface area contributed by atoms with Crippen LogP contribution in [0.2, 0.25) is 0 Å². The first-order chi connectivity index (χ1) is 14.1. The molecule has 0 spiro atoms. The third kappa shape index (κ3) is 4.30. The number of fused-ring (bicyclic) bond motifs is 2. The number of carbonyl (C=O) groups is 1. The van der Waals surface area contributed by atoms with Crippen molar-refractivity contribution in [1.82, 2.24) is 14.9 Å². The summed E-state index contributed by atoms with van der Waals surface area (Å²) in [7, 11) is 0. The molecule has 0 saturated carbocycles. The lowest BCUT2D eigenvalue weighted by molar-refractivity contribution is -0.122. The smallest absolute Gasteiger partial charge is 0.269 e. The Bertz CT molecular complexity index is 1100. The van der Waals surface area contributed by atoms with E-state index in [0.717, 1.165) is 0 Å². The number of nitrogens with one attached hydrogen (secondary N) is 1. The third-order valence-electron chi connectivity index (χ3n) is 4.38. The van der Waals surface area contributed by atoms with Crippen LogP contribution in [0.15, 0.2) is 53.5 Å². The van der Waals surface area contributed by atoms with Crippen molar-refractivity contribution < 1.29 is 24.1 Å². The number of nitrogens with zero attached hydrogens (tertiary/aromatic N) is 2. The number of amides is 1. The van der Waals surface area contributed by atoms with E-state index in [4.69, 9.17) is 14.2 Å². The van der Waals surface area contributed by atoms with E-state index in [1.165, 1.54) is 10.8 Å². The number of aromatic nitrogens is 2. The van der Waals surface area contributed by atoms with Crippen LogP contribution in [-0.4, -0.2) is 46.6 Å². The highest BCUT2D eigenvalue weighted by Crippen LogP contribution is 2.35. The molecule has 1 amide bonds. The molecule has 2 aromatic carbocycles. The zero-order valence-corrected chi connectivity index (χ0v) is 15.4. The predicted octanol–water partition coefficient (Wildman–Crippen LogP) is 0.681. The van der Waals surface area contributed by atoms with Gasteiger partial charge < -0.3 is 24.6 Å². The maximum Gasteiger partial charge on any atom is 0.269 e. The number of rotatable bonds is 7. The summed E-state index contributed by atoms with van der Waals surface area (Å²) in [4.78, 5) is 28.4. The molecule has 1 atom stereocenters. The second-order valence-corrected chi connectivity index (χ2v) is 6.46. The summed E-state index contributed by atoms with van der Waals surface area (Å²) in [6.07, 6.45) is 0.263. The fourth-order valence-electron chi connectivity index (χ4n) is 2.93. The van der Waals surface area contributed by atoms with E-state index < -0.39 is 12.0 Å². The Balaban J connectivity index is 1.30. The van der Waals surface area contributed by atoms with Crippen LogP contribution in [0.3, 0.4) is 0 Å². The summed E-state index contributed by atoms with van der Waals surface area (Å²) in [6, 6.07) is 12.2. The Labute approximate surface area is 165 Å². The Morgan fingerprint density at radius 3 is 2.97 bits per heavy atom. The SMILES string of the molecule is O=C(Cn1c(=O)cnc2ccccc21)NCC(O)COc1ccc2c(c1)OCO2. The summed E-state index contributed by atoms with van der Waals surface area (Å²) in [5.41, 5.74) is 0.824. The van der Waals surface area contributed by atoms with Crippen LogP contribution >= 0.6 is 0 Å². The Morgan fingerprint density at radius 2 is 2.07 bits per heavy atom. The molecule has 2 heterocycles. The topological polar surface area (TPSA) is 112 Å². The van der Waals surface area contributed by atoms with Crippen LogP contribution < -0.4 is 25.1 Å². The van der Waals surface area contributed by atoms with E-state index in [1.54, 1.807) is 42.5 Å². The number of ether oxygens (including phenoxy) is 3. The minimum atomic E-state index is -0.921. The number of carbonyl (C=O) groups excluding carboxylic acids is 1. The number of hydrogen-bond donors (Lipinski definition) is 2. The van der Waals surface area contributed by atoms with Crippen molar-refractivity contribution in [3.63, 3.8) is 0 Å². The molecule has 1 unspecified atom stereocenters. The van der Waals surface area contributed by atoms with E-state index in [9.17, 15) is 14.7 Å². The van der Waals surface area contributed by atoms with Crippen LogP contribution in [0.5, 0.6) is 17.2 Å². The highest BCUT2D eigenvalue weighted by atomic mass is 16.7. The zero-order chi connectivity index (χ0) is 20.2. The number of aliphatic hydroxyl groups is 1. The van der Waals surface area contributed by atoms with Crippen LogP contribution in [0.1, 0.15) is 0 Å². The third-order valence-corrected chi connectivity index (χ3v) is 4.38. The van der Waals surface area contributed by atoms with E-state index in [2.05, 4.69) is 10.3 Å². The minimum Gasteiger partial charge on any atom is -0.491 e. The molecular weight excluding hydrogens is 378 g/mol. The molecule has 0 bridgehead atoms. The molecule has 9 heteroatoms. The van der Waals surface area contributed by atoms with Gasteiger partial charge in [0, 0.05) is 12.6 Å². The van der Waals surface area contributed by atoms with E-state index in [0.29, 0.717) is 28.3 Å². The molecule has 0 aliphatic carbocycles. The largest absolute Gasteiger partial charge is 0.491 e. The zero-order valence-electron chi connectivity index (χ0n) is 15.4. The molecule has 1 aromatic heterocycles. The first-order valence-electron chi connectivity index (χ1n) is 9.02. The molecule has 29 heavy (non-hydrogen) atoms. The van der Waals surface area contributed by atoms with Gasteiger partial charge in [-0.2, -0.15) is 0 Å². The van der Waals surface area contributed by atoms with Crippen molar-refractivity contribution in [3.05, 3.63) is 59.0 Å². The van der Waals surface area contributed by atoms with Crippen molar-refractivity contribution in [3.8, 4) is 17.2 Å². The van der Waals surface area contributed by atoms with Gasteiger partial charge in [-0.25, -0.2) is 4.98 Å². The summed E-state index contributed by atoms with van der Waals surface area (Å²) >= 11 is 0. The van der Waals surface area contributed by atoms with Gasteiger partial charge in [0.2, 0.25) is 12.7 Å². The summed E-state index contributed by atoms with van der Waals surface area (Å²) in [6.45, 7) is -0.0277. The average Bonchev–Trinajstić information content (AvgIpc) is 3.20. The molecule has 1 aliphatic rings. The van der Waals surface area contributed by atoms with Gasteiger partial charge in [0.1, 0.15) is 25.0 Å². The molecular formula is C20H19N3O6. The molecule has 0 saturated heterocycles. The van der Waals surface area contributed by atoms with Crippen molar-refractivity contribution in [2.24, 2.45) is 0 Å². The van der Waals surface area contributed by atoms with Gasteiger partial charge in [0.25, 0.3) is 5.56 Å². The predicted molar refractivity (Wildman–Crippen MR) is 103 cm³/mol. The van der Waals surface area contributed by atoms with Gasteiger partial charge >= 0.3 is 0 Å². The fourth-order valence-corrected chi connectivity index (χ4v) is 2.93. The van der Waals surface area contributed by atoms with Crippen LogP contribution in [-0.2, 0) is 11.3 Å². The Morgan fingerprint density at radius 1 is 1.24 bits per heavy atom. The Hall–Kier alpha value is -3.59. The number of benzene rings is 2. The Kier molecular flexibility index (Phi) is 5.30. The van der Waals surface area contributed by atoms with Crippen molar-refractivity contribution >= 4 is 16.9 Å². The van der Waals surface area contributed by atoms with Gasteiger partial charge in [-0.15, -0.1) is 0 Å². The quantitative estimate of drug-likeness (QED) is 0.603. The monoisotopic (exact) mass is 397 g/mol. The van der Waals surface area contributed by atoms with Crippen LogP contribution in [0.25, 0.3) is 11.0 Å². The standard InChI is InChI=1S/C20H19N3O6/c24-13(11-27-14-5-6-17-18(7-14)29-12-28-17)8-22-19(25)10-23-16-4-2-1-3-15(16)21-9-20(23)26/h1-7,9,13,24H,8,10-12H2,(H,22,25). The molecule has 4 rings (SSSR count). The van der Waals surface area contributed by atoms with Crippen LogP contribution in [0, 0.1) is 0 Å². The van der Waals surface area contributed by atoms with Gasteiger partial charge in [0.15, 0.2) is 11.5 Å². The molecule has 1 aliphatic heterocycles. The highest BCUT2D eigenvalue weighted by molar-refractivity contribution is 5.79. The second-order valence-electron chi connectivity index (χ2n) is 6.46. The second kappa shape index (κ2) is 8.19. The van der Waals surface area contributed by atoms with Gasteiger partial charge in [0.05, 0.1) is 17.2 Å². The number of hydrogen-bond acceptors (Lipinski definition) is 7. The summed E-state index contributed by atoms with van der Waals surface area (Å²) in [5, 5.41) is 12.7. The molecule has 0 radical (unpaired) electrons. The van der Waals surface area contributed by atoms with E-state index >= 15 is 0 Å². The molecule has 150 valence electrons. The fraction of sp³-hybridized carbons (Fsp3) is 0.250.